The number of phenols is 2. The van der Waals surface area contributed by atoms with E-state index in [0.717, 1.165) is 33.4 Å². The molecule has 0 radical (unpaired) electrons. The van der Waals surface area contributed by atoms with Crippen molar-refractivity contribution < 1.29 is 38.7 Å². The lowest BCUT2D eigenvalue weighted by atomic mass is 9.82. The number of ether oxygens (including phenoxy) is 4. The zero-order valence-electron chi connectivity index (χ0n) is 27.2. The second-order valence-corrected chi connectivity index (χ2v) is 14.1. The minimum Gasteiger partial charge on any atom is -0.508 e. The van der Waals surface area contributed by atoms with Gasteiger partial charge in [0.25, 0.3) is 0 Å². The number of aryl methyl sites for hydroxylation is 4. The third-order valence-corrected chi connectivity index (χ3v) is 7.69. The number of aromatic hydroxyl groups is 2. The van der Waals surface area contributed by atoms with Gasteiger partial charge in [-0.25, -0.2) is 9.59 Å². The van der Waals surface area contributed by atoms with E-state index >= 15 is 0 Å². The van der Waals surface area contributed by atoms with Gasteiger partial charge in [0.1, 0.15) is 34.2 Å². The van der Waals surface area contributed by atoms with Gasteiger partial charge < -0.3 is 29.2 Å². The number of halogens is 1. The molecule has 9 heteroatoms. The summed E-state index contributed by atoms with van der Waals surface area (Å²) < 4.78 is 23.2. The number of phenolic OH excluding ortho intramolecular Hbond substituents is 2. The Hall–Kier alpha value is -3.47. The van der Waals surface area contributed by atoms with Crippen molar-refractivity contribution in [2.24, 2.45) is 0 Å². The molecule has 0 heterocycles. The molecule has 0 bridgehead atoms. The monoisotopic (exact) mass is 718 g/mol. The van der Waals surface area contributed by atoms with Crippen molar-refractivity contribution in [2.45, 2.75) is 86.4 Å². The van der Waals surface area contributed by atoms with E-state index in [1.165, 1.54) is 6.07 Å². The first-order valence-corrected chi connectivity index (χ1v) is 15.5. The van der Waals surface area contributed by atoms with Crippen molar-refractivity contribution in [3.63, 3.8) is 0 Å². The van der Waals surface area contributed by atoms with E-state index in [9.17, 15) is 19.8 Å². The molecule has 3 aromatic carbocycles. The molecule has 0 saturated carbocycles. The zero-order valence-corrected chi connectivity index (χ0v) is 29.3. The smallest absolute Gasteiger partial charge is 0.344 e. The van der Waals surface area contributed by atoms with E-state index in [-0.39, 0.29) is 24.7 Å². The fourth-order valence-corrected chi connectivity index (χ4v) is 5.76. The van der Waals surface area contributed by atoms with Gasteiger partial charge in [0, 0.05) is 12.0 Å². The third-order valence-electron chi connectivity index (χ3n) is 6.52. The Morgan fingerprint density at radius 1 is 0.682 bits per heavy atom. The molecular formula is C35H43IO8. The molecule has 2 N–H and O–H groups in total. The van der Waals surface area contributed by atoms with Crippen LogP contribution in [-0.4, -0.2) is 46.6 Å². The second-order valence-electron chi connectivity index (χ2n) is 13.0. The zero-order chi connectivity index (χ0) is 33.1. The highest BCUT2D eigenvalue weighted by molar-refractivity contribution is 14.1. The highest BCUT2D eigenvalue weighted by Gasteiger charge is 2.26. The van der Waals surface area contributed by atoms with E-state index < -0.39 is 29.1 Å². The molecule has 0 amide bonds. The van der Waals surface area contributed by atoms with Crippen molar-refractivity contribution in [3.05, 3.63) is 78.9 Å². The van der Waals surface area contributed by atoms with Gasteiger partial charge >= 0.3 is 11.9 Å². The molecule has 0 atom stereocenters. The summed E-state index contributed by atoms with van der Waals surface area (Å²) in [7, 11) is 0. The number of esters is 2. The first-order valence-electron chi connectivity index (χ1n) is 14.4. The summed E-state index contributed by atoms with van der Waals surface area (Å²) in [5.41, 5.74) is 4.55. The van der Waals surface area contributed by atoms with Crippen LogP contribution in [0.1, 0.15) is 86.4 Å². The Labute approximate surface area is 273 Å². The van der Waals surface area contributed by atoms with E-state index in [4.69, 9.17) is 18.9 Å². The molecule has 3 rings (SSSR count). The summed E-state index contributed by atoms with van der Waals surface area (Å²) in [6, 6.07) is 10.9. The van der Waals surface area contributed by atoms with Crippen LogP contribution >= 0.6 is 22.6 Å². The highest BCUT2D eigenvalue weighted by atomic mass is 127. The van der Waals surface area contributed by atoms with Crippen LogP contribution < -0.4 is 9.47 Å². The molecule has 0 aliphatic heterocycles. The fraction of sp³-hybridized carbons (Fsp3) is 0.429. The van der Waals surface area contributed by atoms with Crippen LogP contribution in [0.2, 0.25) is 0 Å². The summed E-state index contributed by atoms with van der Waals surface area (Å²) in [6.45, 7) is 18.0. The molecular weight excluding hydrogens is 675 g/mol. The van der Waals surface area contributed by atoms with Crippen LogP contribution in [0.4, 0.5) is 0 Å². The minimum atomic E-state index is -0.613. The molecule has 44 heavy (non-hydrogen) atoms. The summed E-state index contributed by atoms with van der Waals surface area (Å²) in [6.07, 6.45) is 0. The van der Waals surface area contributed by atoms with E-state index in [1.807, 2.05) is 52.0 Å². The largest absolute Gasteiger partial charge is 0.508 e. The number of hydrogen-bond donors (Lipinski definition) is 2. The highest BCUT2D eigenvalue weighted by Crippen LogP contribution is 2.43. The summed E-state index contributed by atoms with van der Waals surface area (Å²) >= 11 is 2.09. The molecule has 0 spiro atoms. The summed E-state index contributed by atoms with van der Waals surface area (Å²) in [4.78, 5) is 24.6. The van der Waals surface area contributed by atoms with Gasteiger partial charge in [-0.15, -0.1) is 0 Å². The number of rotatable bonds is 9. The molecule has 0 aliphatic rings. The Balaban J connectivity index is 2.06. The van der Waals surface area contributed by atoms with Crippen LogP contribution in [-0.2, 0) is 19.1 Å². The second kappa shape index (κ2) is 13.7. The Morgan fingerprint density at radius 2 is 1.05 bits per heavy atom. The van der Waals surface area contributed by atoms with Crippen molar-refractivity contribution >= 4 is 34.5 Å². The van der Waals surface area contributed by atoms with Gasteiger partial charge in [-0.2, -0.15) is 0 Å². The summed E-state index contributed by atoms with van der Waals surface area (Å²) in [5, 5.41) is 21.1. The maximum atomic E-state index is 12.3. The Kier molecular flexibility index (Phi) is 10.9. The van der Waals surface area contributed by atoms with Crippen LogP contribution in [0, 0.1) is 31.3 Å². The van der Waals surface area contributed by atoms with E-state index in [0.29, 0.717) is 20.6 Å². The first-order chi connectivity index (χ1) is 20.3. The molecule has 0 saturated heterocycles. The van der Waals surface area contributed by atoms with Crippen LogP contribution in [0.25, 0.3) is 0 Å². The quantitative estimate of drug-likeness (QED) is 0.133. The lowest BCUT2D eigenvalue weighted by Crippen LogP contribution is -2.27. The van der Waals surface area contributed by atoms with Crippen LogP contribution in [0.15, 0.2) is 36.4 Å². The maximum absolute atomic E-state index is 12.3. The topological polar surface area (TPSA) is 112 Å². The van der Waals surface area contributed by atoms with Crippen molar-refractivity contribution in [1.29, 1.82) is 0 Å². The molecule has 8 nitrogen and oxygen atoms in total. The number of hydrogen-bond acceptors (Lipinski definition) is 8. The number of carbonyl (C=O) groups excluding carboxylic acids is 2. The predicted molar refractivity (Wildman–Crippen MR) is 178 cm³/mol. The number of carbonyl (C=O) groups is 2. The average Bonchev–Trinajstić information content (AvgIpc) is 2.84. The lowest BCUT2D eigenvalue weighted by Gasteiger charge is -2.25. The van der Waals surface area contributed by atoms with Gasteiger partial charge in [0.2, 0.25) is 0 Å². The van der Waals surface area contributed by atoms with Crippen LogP contribution in [0.3, 0.4) is 0 Å². The molecule has 238 valence electrons. The van der Waals surface area contributed by atoms with Crippen LogP contribution in [0.5, 0.6) is 23.0 Å². The van der Waals surface area contributed by atoms with E-state index in [1.54, 1.807) is 47.6 Å². The fourth-order valence-electron chi connectivity index (χ4n) is 5.14. The molecule has 0 aromatic heterocycles. The summed E-state index contributed by atoms with van der Waals surface area (Å²) in [5.74, 6) is -0.211. The maximum Gasteiger partial charge on any atom is 0.344 e. The standard InChI is InChI=1S/C35H43IO8/c1-19-11-23(12-20(2)32(19)41-17-28(39)43-34(5,6)7)30(26-15-25(37)16-27(38)31(26)36)24-13-21(3)33(22(4)14-24)42-18-29(40)44-35(8,9)10/h11-16,30,37-38H,17-18H2,1-10H3. The van der Waals surface area contributed by atoms with Gasteiger partial charge in [-0.1, -0.05) is 24.3 Å². The van der Waals surface area contributed by atoms with Crippen molar-refractivity contribution in [2.75, 3.05) is 13.2 Å². The molecule has 3 aromatic rings. The third kappa shape index (κ3) is 9.27. The van der Waals surface area contributed by atoms with Crippen molar-refractivity contribution in [3.8, 4) is 23.0 Å². The Morgan fingerprint density at radius 3 is 1.39 bits per heavy atom. The lowest BCUT2D eigenvalue weighted by molar-refractivity contribution is -0.158. The van der Waals surface area contributed by atoms with E-state index in [2.05, 4.69) is 22.6 Å². The Bertz CT molecular complexity index is 1410. The average molecular weight is 719 g/mol. The molecule has 0 unspecified atom stereocenters. The normalized spacial score (nSPS) is 11.8. The van der Waals surface area contributed by atoms with Gasteiger partial charge in [0.15, 0.2) is 13.2 Å². The number of benzene rings is 3. The molecule has 0 aliphatic carbocycles. The first kappa shape index (κ1) is 35.0. The molecule has 0 fully saturated rings. The minimum absolute atomic E-state index is 0.0258. The van der Waals surface area contributed by atoms with Crippen molar-refractivity contribution in [1.82, 2.24) is 0 Å². The van der Waals surface area contributed by atoms with Gasteiger partial charge in [-0.05, 0) is 137 Å². The predicted octanol–water partition coefficient (Wildman–Crippen LogP) is 7.56. The van der Waals surface area contributed by atoms with Gasteiger partial charge in [0.05, 0.1) is 3.57 Å². The van der Waals surface area contributed by atoms with Gasteiger partial charge in [-0.3, -0.25) is 0 Å². The SMILES string of the molecule is Cc1cc(C(c2cc(C)c(OCC(=O)OC(C)(C)C)c(C)c2)c2cc(O)cc(O)c2I)cc(C)c1OCC(=O)OC(C)(C)C.